The maximum Gasteiger partial charge on any atom is 0.350 e. The van der Waals surface area contributed by atoms with Crippen molar-refractivity contribution < 1.29 is 14.3 Å². The van der Waals surface area contributed by atoms with Gasteiger partial charge in [-0.3, -0.25) is 4.79 Å². The molecule has 1 saturated carbocycles. The lowest BCUT2D eigenvalue weighted by molar-refractivity contribution is -0.125. The highest BCUT2D eigenvalue weighted by Crippen LogP contribution is 2.42. The van der Waals surface area contributed by atoms with E-state index in [1.165, 1.54) is 18.4 Å². The minimum absolute atomic E-state index is 0.0380. The van der Waals surface area contributed by atoms with E-state index in [9.17, 15) is 9.59 Å². The molecular formula is C14H19NO3S. The molecule has 0 bridgehead atoms. The first-order chi connectivity index (χ1) is 9.13. The van der Waals surface area contributed by atoms with E-state index in [2.05, 4.69) is 12.2 Å². The monoisotopic (exact) mass is 281 g/mol. The van der Waals surface area contributed by atoms with Crippen LogP contribution in [0.25, 0.3) is 0 Å². The fourth-order valence-electron chi connectivity index (χ4n) is 2.71. The van der Waals surface area contributed by atoms with Crippen molar-refractivity contribution >= 4 is 28.9 Å². The standard InChI is InChI=1S/C14H19NO3S/c1-3-14(7-4-5-8-14)13(17)15-10-6-9-19-11(10)12(16)18-2/h6,9H,3-5,7-8H2,1-2H3,(H,15,17). The maximum absolute atomic E-state index is 12.5. The number of thiophene rings is 1. The Balaban J connectivity index is 2.15. The van der Waals surface area contributed by atoms with Crippen molar-refractivity contribution in [2.24, 2.45) is 5.41 Å². The summed E-state index contributed by atoms with van der Waals surface area (Å²) in [5, 5.41) is 4.70. The molecule has 1 aromatic rings. The van der Waals surface area contributed by atoms with E-state index in [0.29, 0.717) is 10.6 Å². The van der Waals surface area contributed by atoms with Gasteiger partial charge in [-0.2, -0.15) is 0 Å². The fourth-order valence-corrected chi connectivity index (χ4v) is 3.47. The molecule has 1 N–H and O–H groups in total. The SMILES string of the molecule is CCC1(C(=O)Nc2ccsc2C(=O)OC)CCCC1. The zero-order valence-corrected chi connectivity index (χ0v) is 12.1. The van der Waals surface area contributed by atoms with Gasteiger partial charge in [0, 0.05) is 5.41 Å². The van der Waals surface area contributed by atoms with Gasteiger partial charge >= 0.3 is 5.97 Å². The van der Waals surface area contributed by atoms with Crippen molar-refractivity contribution in [3.05, 3.63) is 16.3 Å². The van der Waals surface area contributed by atoms with E-state index in [-0.39, 0.29) is 11.3 Å². The first-order valence-electron chi connectivity index (χ1n) is 6.60. The summed E-state index contributed by atoms with van der Waals surface area (Å²) < 4.78 is 4.71. The molecular weight excluding hydrogens is 262 g/mol. The second-order valence-corrected chi connectivity index (χ2v) is 5.87. The molecule has 4 nitrogen and oxygen atoms in total. The van der Waals surface area contributed by atoms with E-state index in [1.54, 1.807) is 11.4 Å². The summed E-state index contributed by atoms with van der Waals surface area (Å²) in [6.07, 6.45) is 4.93. The molecule has 1 fully saturated rings. The Morgan fingerprint density at radius 1 is 1.42 bits per heavy atom. The molecule has 19 heavy (non-hydrogen) atoms. The minimum Gasteiger partial charge on any atom is -0.465 e. The third kappa shape index (κ3) is 2.66. The van der Waals surface area contributed by atoms with Gasteiger partial charge in [-0.25, -0.2) is 4.79 Å². The number of hydrogen-bond donors (Lipinski definition) is 1. The average molecular weight is 281 g/mol. The number of anilines is 1. The first kappa shape index (κ1) is 14.1. The van der Waals surface area contributed by atoms with Gasteiger partial charge in [-0.05, 0) is 30.7 Å². The number of esters is 1. The van der Waals surface area contributed by atoms with Gasteiger partial charge in [0.05, 0.1) is 12.8 Å². The predicted octanol–water partition coefficient (Wildman–Crippen LogP) is 3.44. The lowest BCUT2D eigenvalue weighted by Gasteiger charge is -2.25. The van der Waals surface area contributed by atoms with Crippen LogP contribution >= 0.6 is 11.3 Å². The van der Waals surface area contributed by atoms with Gasteiger partial charge < -0.3 is 10.1 Å². The van der Waals surface area contributed by atoms with Gasteiger partial charge in [-0.15, -0.1) is 11.3 Å². The highest BCUT2D eigenvalue weighted by molar-refractivity contribution is 7.12. The van der Waals surface area contributed by atoms with Crippen LogP contribution in [0, 0.1) is 5.41 Å². The molecule has 1 amide bonds. The largest absolute Gasteiger partial charge is 0.465 e. The van der Waals surface area contributed by atoms with Crippen molar-refractivity contribution in [3.8, 4) is 0 Å². The number of amides is 1. The number of carbonyl (C=O) groups is 2. The van der Waals surface area contributed by atoms with E-state index in [0.717, 1.165) is 32.1 Å². The van der Waals surface area contributed by atoms with Crippen LogP contribution in [0.4, 0.5) is 5.69 Å². The molecule has 0 aromatic carbocycles. The topological polar surface area (TPSA) is 55.4 Å². The summed E-state index contributed by atoms with van der Waals surface area (Å²) in [6, 6.07) is 1.76. The number of nitrogens with one attached hydrogen (secondary N) is 1. The van der Waals surface area contributed by atoms with Crippen LogP contribution in [0.5, 0.6) is 0 Å². The van der Waals surface area contributed by atoms with Crippen LogP contribution in [0.3, 0.4) is 0 Å². The van der Waals surface area contributed by atoms with Crippen molar-refractivity contribution in [1.82, 2.24) is 0 Å². The van der Waals surface area contributed by atoms with E-state index in [1.807, 2.05) is 0 Å². The number of hydrogen-bond acceptors (Lipinski definition) is 4. The number of ether oxygens (including phenoxy) is 1. The summed E-state index contributed by atoms with van der Waals surface area (Å²) in [7, 11) is 1.35. The third-order valence-corrected chi connectivity index (χ3v) is 4.90. The molecule has 0 unspecified atom stereocenters. The van der Waals surface area contributed by atoms with Crippen LogP contribution in [-0.4, -0.2) is 19.0 Å². The van der Waals surface area contributed by atoms with Gasteiger partial charge in [-0.1, -0.05) is 19.8 Å². The van der Waals surface area contributed by atoms with Crippen LogP contribution in [0.2, 0.25) is 0 Å². The molecule has 104 valence electrons. The molecule has 1 heterocycles. The molecule has 5 heteroatoms. The second-order valence-electron chi connectivity index (χ2n) is 4.95. The molecule has 2 rings (SSSR count). The smallest absolute Gasteiger partial charge is 0.350 e. The van der Waals surface area contributed by atoms with Crippen molar-refractivity contribution in [1.29, 1.82) is 0 Å². The van der Waals surface area contributed by atoms with E-state index >= 15 is 0 Å². The Morgan fingerprint density at radius 2 is 2.11 bits per heavy atom. The minimum atomic E-state index is -0.401. The molecule has 1 aromatic heterocycles. The molecule has 1 aliphatic carbocycles. The van der Waals surface area contributed by atoms with Crippen LogP contribution in [-0.2, 0) is 9.53 Å². The Hall–Kier alpha value is -1.36. The van der Waals surface area contributed by atoms with E-state index in [4.69, 9.17) is 4.74 Å². The summed E-state index contributed by atoms with van der Waals surface area (Å²) in [4.78, 5) is 24.5. The molecule has 0 aliphatic heterocycles. The van der Waals surface area contributed by atoms with Crippen molar-refractivity contribution in [3.63, 3.8) is 0 Å². The normalized spacial score (nSPS) is 17.2. The highest BCUT2D eigenvalue weighted by Gasteiger charge is 2.39. The third-order valence-electron chi connectivity index (χ3n) is 4.00. The Labute approximate surface area is 117 Å². The van der Waals surface area contributed by atoms with Gasteiger partial charge in [0.1, 0.15) is 4.88 Å². The van der Waals surface area contributed by atoms with Crippen LogP contribution < -0.4 is 5.32 Å². The molecule has 0 radical (unpaired) electrons. The quantitative estimate of drug-likeness (QED) is 0.860. The summed E-state index contributed by atoms with van der Waals surface area (Å²) in [5.74, 6) is -0.363. The lowest BCUT2D eigenvalue weighted by atomic mass is 9.82. The number of methoxy groups -OCH3 is 1. The number of rotatable bonds is 4. The zero-order chi connectivity index (χ0) is 13.9. The average Bonchev–Trinajstić information content (AvgIpc) is 3.07. The molecule has 1 aliphatic rings. The number of carbonyl (C=O) groups excluding carboxylic acids is 2. The van der Waals surface area contributed by atoms with E-state index < -0.39 is 5.97 Å². The fraction of sp³-hybridized carbons (Fsp3) is 0.571. The highest BCUT2D eigenvalue weighted by atomic mass is 32.1. The summed E-state index contributed by atoms with van der Waals surface area (Å²) in [6.45, 7) is 2.06. The second kappa shape index (κ2) is 5.74. The maximum atomic E-state index is 12.5. The lowest BCUT2D eigenvalue weighted by Crippen LogP contribution is -2.33. The molecule has 0 atom stereocenters. The van der Waals surface area contributed by atoms with Gasteiger partial charge in [0.25, 0.3) is 0 Å². The van der Waals surface area contributed by atoms with Crippen molar-refractivity contribution in [2.45, 2.75) is 39.0 Å². The Morgan fingerprint density at radius 3 is 2.68 bits per heavy atom. The zero-order valence-electron chi connectivity index (χ0n) is 11.3. The molecule has 0 saturated heterocycles. The van der Waals surface area contributed by atoms with Crippen LogP contribution in [0.15, 0.2) is 11.4 Å². The summed E-state index contributed by atoms with van der Waals surface area (Å²) in [5.41, 5.74) is 0.316. The van der Waals surface area contributed by atoms with Crippen LogP contribution in [0.1, 0.15) is 48.7 Å². The van der Waals surface area contributed by atoms with Gasteiger partial charge in [0.2, 0.25) is 5.91 Å². The Bertz CT molecular complexity index is 475. The van der Waals surface area contributed by atoms with Gasteiger partial charge in [0.15, 0.2) is 0 Å². The first-order valence-corrected chi connectivity index (χ1v) is 7.48. The predicted molar refractivity (Wildman–Crippen MR) is 75.5 cm³/mol. The molecule has 0 spiro atoms. The Kier molecular flexibility index (Phi) is 4.24. The summed E-state index contributed by atoms with van der Waals surface area (Å²) >= 11 is 1.28. The van der Waals surface area contributed by atoms with Crippen molar-refractivity contribution in [2.75, 3.05) is 12.4 Å².